The van der Waals surface area contributed by atoms with Crippen LogP contribution < -0.4 is 10.1 Å². The number of hydrogen-bond acceptors (Lipinski definition) is 5. The molecule has 5 nitrogen and oxygen atoms in total. The van der Waals surface area contributed by atoms with E-state index in [-0.39, 0.29) is 21.4 Å². The molecule has 0 spiro atoms. The second-order valence-corrected chi connectivity index (χ2v) is 8.13. The van der Waals surface area contributed by atoms with Crippen molar-refractivity contribution in [3.05, 3.63) is 41.7 Å². The summed E-state index contributed by atoms with van der Waals surface area (Å²) in [4.78, 5) is 3.50. The first-order valence-corrected chi connectivity index (χ1v) is 8.94. The smallest absolute Gasteiger partial charge is 0.402 e. The maximum Gasteiger partial charge on any atom is 0.573 e. The Balaban J connectivity index is 2.50. The number of alkyl halides is 3. The lowest BCUT2D eigenvalue weighted by Gasteiger charge is -2.17. The predicted octanol–water partition coefficient (Wildman–Crippen LogP) is 4.56. The number of benzene rings is 1. The molecule has 0 aliphatic carbocycles. The number of hydrogen-bond donors (Lipinski definition) is 1. The fraction of sp³-hybridized carbons (Fsp3) is 0.267. The summed E-state index contributed by atoms with van der Waals surface area (Å²) in [6.45, 7) is 3.02. The Morgan fingerprint density at radius 1 is 1.20 bits per heavy atom. The zero-order valence-electron chi connectivity index (χ0n) is 13.1. The minimum Gasteiger partial charge on any atom is -0.402 e. The van der Waals surface area contributed by atoms with E-state index in [0.717, 1.165) is 12.3 Å². The van der Waals surface area contributed by atoms with Crippen LogP contribution in [-0.4, -0.2) is 25.0 Å². The average molecular weight is 395 g/mol. The van der Waals surface area contributed by atoms with Gasteiger partial charge in [-0.25, -0.2) is 13.4 Å². The highest BCUT2D eigenvalue weighted by Crippen LogP contribution is 2.35. The van der Waals surface area contributed by atoms with Crippen LogP contribution >= 0.6 is 11.6 Å². The van der Waals surface area contributed by atoms with Gasteiger partial charge in [0.05, 0.1) is 27.7 Å². The molecule has 2 aromatic rings. The summed E-state index contributed by atoms with van der Waals surface area (Å²) in [5, 5.41) is 1.85. The lowest BCUT2D eigenvalue weighted by atomic mass is 10.3. The Labute approximate surface area is 147 Å². The molecule has 0 saturated carbocycles. The van der Waals surface area contributed by atoms with Gasteiger partial charge in [-0.2, -0.15) is 0 Å². The van der Waals surface area contributed by atoms with E-state index in [0.29, 0.717) is 0 Å². The normalized spacial score (nSPS) is 12.3. The van der Waals surface area contributed by atoms with Crippen molar-refractivity contribution in [1.29, 1.82) is 0 Å². The summed E-state index contributed by atoms with van der Waals surface area (Å²) in [6, 6.07) is 6.98. The number of aromatic nitrogens is 1. The Hall–Kier alpha value is -2.00. The third-order valence-corrected chi connectivity index (χ3v) is 5.56. The molecule has 1 aromatic heterocycles. The summed E-state index contributed by atoms with van der Waals surface area (Å²) < 4.78 is 66.4. The van der Waals surface area contributed by atoms with Crippen LogP contribution in [-0.2, 0) is 9.84 Å². The number of nitrogens with zero attached hydrogens (tertiary/aromatic N) is 1. The van der Waals surface area contributed by atoms with Crippen molar-refractivity contribution in [2.24, 2.45) is 0 Å². The fourth-order valence-electron chi connectivity index (χ4n) is 1.94. The number of anilines is 2. The van der Waals surface area contributed by atoms with Gasteiger partial charge in [-0.1, -0.05) is 23.7 Å². The molecule has 0 aliphatic heterocycles. The zero-order valence-corrected chi connectivity index (χ0v) is 14.7. The predicted molar refractivity (Wildman–Crippen MR) is 88.0 cm³/mol. The van der Waals surface area contributed by atoms with E-state index < -0.39 is 27.2 Å². The van der Waals surface area contributed by atoms with Crippen molar-refractivity contribution in [3.63, 3.8) is 0 Å². The molecule has 0 radical (unpaired) electrons. The van der Waals surface area contributed by atoms with Gasteiger partial charge in [-0.3, -0.25) is 0 Å². The van der Waals surface area contributed by atoms with E-state index >= 15 is 0 Å². The minimum absolute atomic E-state index is 0.0455. The first kappa shape index (κ1) is 19.3. The highest BCUT2D eigenvalue weighted by Gasteiger charge is 2.32. The molecule has 0 aliphatic rings. The first-order valence-electron chi connectivity index (χ1n) is 7.02. The Bertz CT molecular complexity index is 871. The molecule has 0 atom stereocenters. The fourth-order valence-corrected chi connectivity index (χ4v) is 3.30. The van der Waals surface area contributed by atoms with E-state index in [9.17, 15) is 21.6 Å². The van der Waals surface area contributed by atoms with Gasteiger partial charge >= 0.3 is 6.36 Å². The van der Waals surface area contributed by atoms with Crippen LogP contribution in [0.2, 0.25) is 5.15 Å². The van der Waals surface area contributed by atoms with E-state index in [1.165, 1.54) is 32.0 Å². The highest BCUT2D eigenvalue weighted by atomic mass is 35.5. The average Bonchev–Trinajstić information content (AvgIpc) is 2.49. The number of para-hydroxylation sites is 1. The minimum atomic E-state index is -4.94. The van der Waals surface area contributed by atoms with Gasteiger partial charge < -0.3 is 10.1 Å². The SMILES string of the molecule is CC(C)S(=O)(=O)c1ccccc1Nc1cc(Cl)ncc1OC(F)(F)F. The van der Waals surface area contributed by atoms with Gasteiger partial charge in [0.25, 0.3) is 0 Å². The molecule has 0 unspecified atom stereocenters. The summed E-state index contributed by atoms with van der Waals surface area (Å²) in [6.07, 6.45) is -4.13. The van der Waals surface area contributed by atoms with Crippen LogP contribution in [0.3, 0.4) is 0 Å². The Kier molecular flexibility index (Phi) is 5.48. The van der Waals surface area contributed by atoms with Crippen molar-refractivity contribution in [2.75, 3.05) is 5.32 Å². The van der Waals surface area contributed by atoms with Gasteiger partial charge in [0.15, 0.2) is 15.6 Å². The van der Waals surface area contributed by atoms with Gasteiger partial charge in [0, 0.05) is 6.07 Å². The van der Waals surface area contributed by atoms with Crippen LogP contribution in [0, 0.1) is 0 Å². The first-order chi connectivity index (χ1) is 11.5. The lowest BCUT2D eigenvalue weighted by molar-refractivity contribution is -0.274. The maximum atomic E-state index is 12.5. The molecule has 0 fully saturated rings. The molecular weight excluding hydrogens is 381 g/mol. The van der Waals surface area contributed by atoms with Crippen LogP contribution in [0.25, 0.3) is 0 Å². The molecule has 2 rings (SSSR count). The number of rotatable bonds is 5. The second-order valence-electron chi connectivity index (χ2n) is 5.27. The maximum absolute atomic E-state index is 12.5. The molecule has 1 heterocycles. The number of halogens is 4. The molecule has 1 N–H and O–H groups in total. The summed E-state index contributed by atoms with van der Waals surface area (Å²) in [5.74, 6) is -0.631. The van der Waals surface area contributed by atoms with Crippen LogP contribution in [0.4, 0.5) is 24.5 Å². The lowest BCUT2D eigenvalue weighted by Crippen LogP contribution is -2.18. The molecule has 0 bridgehead atoms. The number of pyridine rings is 1. The largest absolute Gasteiger partial charge is 0.573 e. The highest BCUT2D eigenvalue weighted by molar-refractivity contribution is 7.92. The van der Waals surface area contributed by atoms with Crippen LogP contribution in [0.15, 0.2) is 41.4 Å². The third kappa shape index (κ3) is 4.76. The monoisotopic (exact) mass is 394 g/mol. The molecule has 10 heteroatoms. The van der Waals surface area contributed by atoms with Gasteiger partial charge in [0.1, 0.15) is 5.15 Å². The second kappa shape index (κ2) is 7.09. The molecule has 0 amide bonds. The number of ether oxygens (including phenoxy) is 1. The number of nitrogens with one attached hydrogen (secondary N) is 1. The molecule has 136 valence electrons. The molecule has 0 saturated heterocycles. The molecule has 1 aromatic carbocycles. The van der Waals surface area contributed by atoms with Crippen LogP contribution in [0.1, 0.15) is 13.8 Å². The standard InChI is InChI=1S/C15H14ClF3N2O3S/c1-9(2)25(22,23)13-6-4-3-5-10(13)21-11-7-14(16)20-8-12(11)24-15(17,18)19/h3-9H,1-2H3,(H,20,21). The van der Waals surface area contributed by atoms with E-state index in [2.05, 4.69) is 15.0 Å². The zero-order chi connectivity index (χ0) is 18.8. The molecule has 25 heavy (non-hydrogen) atoms. The van der Waals surface area contributed by atoms with E-state index in [1.54, 1.807) is 6.07 Å². The van der Waals surface area contributed by atoms with Crippen molar-refractivity contribution in [1.82, 2.24) is 4.98 Å². The van der Waals surface area contributed by atoms with Crippen molar-refractivity contribution in [3.8, 4) is 5.75 Å². The van der Waals surface area contributed by atoms with Gasteiger partial charge in [-0.05, 0) is 26.0 Å². The van der Waals surface area contributed by atoms with Crippen LogP contribution in [0.5, 0.6) is 5.75 Å². The summed E-state index contributed by atoms with van der Waals surface area (Å²) in [5.41, 5.74) is -0.0609. The Morgan fingerprint density at radius 3 is 2.44 bits per heavy atom. The van der Waals surface area contributed by atoms with Crippen molar-refractivity contribution in [2.45, 2.75) is 30.4 Å². The van der Waals surface area contributed by atoms with Crippen molar-refractivity contribution >= 4 is 32.8 Å². The molecular formula is C15H14ClF3N2O3S. The van der Waals surface area contributed by atoms with E-state index in [4.69, 9.17) is 11.6 Å². The Morgan fingerprint density at radius 2 is 1.84 bits per heavy atom. The quantitative estimate of drug-likeness (QED) is 0.753. The topological polar surface area (TPSA) is 68.3 Å². The summed E-state index contributed by atoms with van der Waals surface area (Å²) >= 11 is 5.73. The van der Waals surface area contributed by atoms with Crippen molar-refractivity contribution < 1.29 is 26.3 Å². The summed E-state index contributed by atoms with van der Waals surface area (Å²) in [7, 11) is -3.66. The van der Waals surface area contributed by atoms with E-state index in [1.807, 2.05) is 0 Å². The third-order valence-electron chi connectivity index (χ3n) is 3.14. The van der Waals surface area contributed by atoms with Gasteiger partial charge in [0.2, 0.25) is 0 Å². The number of sulfone groups is 1. The van der Waals surface area contributed by atoms with Gasteiger partial charge in [-0.15, -0.1) is 13.2 Å².